The number of nitrogens with zero attached hydrogens (tertiary/aromatic N) is 2. The van der Waals surface area contributed by atoms with Crippen LogP contribution in [0.4, 0.5) is 0 Å². The van der Waals surface area contributed by atoms with Crippen molar-refractivity contribution < 1.29 is 0 Å². The lowest BCUT2D eigenvalue weighted by Gasteiger charge is -2.04. The Kier molecular flexibility index (Phi) is 2.94. The van der Waals surface area contributed by atoms with E-state index in [1.165, 1.54) is 4.88 Å². The van der Waals surface area contributed by atoms with Crippen molar-refractivity contribution in [1.82, 2.24) is 4.57 Å². The number of hydrogen-bond donors (Lipinski definition) is 0. The zero-order valence-electron chi connectivity index (χ0n) is 9.43. The minimum Gasteiger partial charge on any atom is -0.342 e. The zero-order chi connectivity index (χ0) is 12.5. The molecular formula is C14H9BrN2S. The molecule has 0 aliphatic carbocycles. The van der Waals surface area contributed by atoms with Crippen LogP contribution in [-0.2, 0) is 6.54 Å². The van der Waals surface area contributed by atoms with Gasteiger partial charge in [0.2, 0.25) is 0 Å². The highest BCUT2D eigenvalue weighted by atomic mass is 79.9. The van der Waals surface area contributed by atoms with Crippen molar-refractivity contribution in [3.63, 3.8) is 0 Å². The number of halogens is 1. The first-order valence-electron chi connectivity index (χ1n) is 5.49. The van der Waals surface area contributed by atoms with Crippen molar-refractivity contribution in [2.45, 2.75) is 6.54 Å². The van der Waals surface area contributed by atoms with Crippen LogP contribution >= 0.6 is 27.3 Å². The van der Waals surface area contributed by atoms with Gasteiger partial charge in [0.25, 0.3) is 0 Å². The molecule has 4 heteroatoms. The van der Waals surface area contributed by atoms with Gasteiger partial charge in [-0.2, -0.15) is 5.26 Å². The molecular weight excluding hydrogens is 308 g/mol. The largest absolute Gasteiger partial charge is 0.342 e. The van der Waals surface area contributed by atoms with Crippen molar-refractivity contribution in [2.24, 2.45) is 0 Å². The van der Waals surface area contributed by atoms with Crippen molar-refractivity contribution in [1.29, 1.82) is 5.26 Å². The molecule has 0 spiro atoms. The fourth-order valence-electron chi connectivity index (χ4n) is 2.05. The first-order chi connectivity index (χ1) is 8.79. The molecule has 0 amide bonds. The Hall–Kier alpha value is -1.57. The SMILES string of the molecule is N#Cc1cccc2c1ccn2Cc1sccc1Br. The molecule has 0 aliphatic rings. The van der Waals surface area contributed by atoms with Crippen LogP contribution in [0, 0.1) is 11.3 Å². The predicted molar refractivity (Wildman–Crippen MR) is 77.8 cm³/mol. The summed E-state index contributed by atoms with van der Waals surface area (Å²) in [7, 11) is 0. The standard InChI is InChI=1S/C14H9BrN2S/c15-12-5-7-18-14(12)9-17-6-4-11-10(8-16)2-1-3-13(11)17/h1-7H,9H2. The highest BCUT2D eigenvalue weighted by Gasteiger charge is 2.07. The van der Waals surface area contributed by atoms with Gasteiger partial charge < -0.3 is 4.57 Å². The summed E-state index contributed by atoms with van der Waals surface area (Å²) >= 11 is 5.28. The van der Waals surface area contributed by atoms with E-state index in [4.69, 9.17) is 5.26 Å². The monoisotopic (exact) mass is 316 g/mol. The fourth-order valence-corrected chi connectivity index (χ4v) is 3.53. The van der Waals surface area contributed by atoms with E-state index in [0.717, 1.165) is 27.5 Å². The second kappa shape index (κ2) is 4.60. The van der Waals surface area contributed by atoms with Crippen molar-refractivity contribution >= 4 is 38.2 Å². The van der Waals surface area contributed by atoms with Crippen molar-refractivity contribution in [2.75, 3.05) is 0 Å². The van der Waals surface area contributed by atoms with Gasteiger partial charge in [0.15, 0.2) is 0 Å². The summed E-state index contributed by atoms with van der Waals surface area (Å²) in [5.41, 5.74) is 1.84. The summed E-state index contributed by atoms with van der Waals surface area (Å²) in [5.74, 6) is 0. The Balaban J connectivity index is 2.09. The van der Waals surface area contributed by atoms with Crippen LogP contribution in [0.1, 0.15) is 10.4 Å². The van der Waals surface area contributed by atoms with E-state index >= 15 is 0 Å². The molecule has 0 N–H and O–H groups in total. The number of nitriles is 1. The molecule has 1 aromatic carbocycles. The van der Waals surface area contributed by atoms with Gasteiger partial charge in [0.1, 0.15) is 0 Å². The third kappa shape index (κ3) is 1.86. The first-order valence-corrected chi connectivity index (χ1v) is 7.16. The Bertz CT molecular complexity index is 749. The summed E-state index contributed by atoms with van der Waals surface area (Å²) in [6.07, 6.45) is 2.04. The summed E-state index contributed by atoms with van der Waals surface area (Å²) in [4.78, 5) is 1.29. The normalized spacial score (nSPS) is 10.7. The molecule has 3 rings (SSSR count). The highest BCUT2D eigenvalue weighted by Crippen LogP contribution is 2.26. The summed E-state index contributed by atoms with van der Waals surface area (Å²) < 4.78 is 3.32. The Morgan fingerprint density at radius 2 is 2.17 bits per heavy atom. The smallest absolute Gasteiger partial charge is 0.0998 e. The van der Waals surface area contributed by atoms with Gasteiger partial charge in [0, 0.05) is 26.4 Å². The zero-order valence-corrected chi connectivity index (χ0v) is 11.8. The van der Waals surface area contributed by atoms with Gasteiger partial charge in [-0.05, 0) is 45.6 Å². The average Bonchev–Trinajstić information content (AvgIpc) is 2.97. The second-order valence-corrected chi connectivity index (χ2v) is 5.84. The number of aromatic nitrogens is 1. The second-order valence-electron chi connectivity index (χ2n) is 3.99. The summed E-state index contributed by atoms with van der Waals surface area (Å²) in [6.45, 7) is 0.830. The Morgan fingerprint density at radius 1 is 1.28 bits per heavy atom. The molecule has 3 aromatic rings. The number of benzene rings is 1. The lowest BCUT2D eigenvalue weighted by Crippen LogP contribution is -1.96. The Labute approximate surface area is 117 Å². The van der Waals surface area contributed by atoms with Gasteiger partial charge in [-0.1, -0.05) is 6.07 Å². The van der Waals surface area contributed by atoms with Crippen LogP contribution in [0.15, 0.2) is 46.4 Å². The number of fused-ring (bicyclic) bond motifs is 1. The molecule has 0 fully saturated rings. The van der Waals surface area contributed by atoms with Gasteiger partial charge in [0.05, 0.1) is 18.2 Å². The van der Waals surface area contributed by atoms with E-state index in [0.29, 0.717) is 0 Å². The summed E-state index contributed by atoms with van der Waals surface area (Å²) in [5, 5.41) is 12.2. The van der Waals surface area contributed by atoms with Crippen molar-refractivity contribution in [3.8, 4) is 6.07 Å². The predicted octanol–water partition coefficient (Wildman–Crippen LogP) is 4.39. The van der Waals surface area contributed by atoms with Crippen LogP contribution in [0.3, 0.4) is 0 Å². The van der Waals surface area contributed by atoms with Gasteiger partial charge in [-0.15, -0.1) is 11.3 Å². The fraction of sp³-hybridized carbons (Fsp3) is 0.0714. The number of hydrogen-bond acceptors (Lipinski definition) is 2. The van der Waals surface area contributed by atoms with E-state index < -0.39 is 0 Å². The molecule has 0 aliphatic heterocycles. The highest BCUT2D eigenvalue weighted by molar-refractivity contribution is 9.10. The minimum atomic E-state index is 0.733. The molecule has 18 heavy (non-hydrogen) atoms. The third-order valence-corrected chi connectivity index (χ3v) is 4.85. The molecule has 0 saturated carbocycles. The van der Waals surface area contributed by atoms with E-state index in [1.807, 2.05) is 24.4 Å². The average molecular weight is 317 g/mol. The van der Waals surface area contributed by atoms with Crippen LogP contribution in [0.25, 0.3) is 10.9 Å². The molecule has 0 bridgehead atoms. The quantitative estimate of drug-likeness (QED) is 0.689. The lowest BCUT2D eigenvalue weighted by molar-refractivity contribution is 0.848. The summed E-state index contributed by atoms with van der Waals surface area (Å²) in [6, 6.07) is 12.1. The molecule has 0 atom stereocenters. The van der Waals surface area contributed by atoms with Gasteiger partial charge >= 0.3 is 0 Å². The Morgan fingerprint density at radius 3 is 2.89 bits per heavy atom. The van der Waals surface area contributed by atoms with Gasteiger partial charge in [-0.3, -0.25) is 0 Å². The maximum atomic E-state index is 9.08. The van der Waals surface area contributed by atoms with Crippen LogP contribution in [0.2, 0.25) is 0 Å². The molecule has 0 saturated heterocycles. The molecule has 0 unspecified atom stereocenters. The van der Waals surface area contributed by atoms with Crippen LogP contribution < -0.4 is 0 Å². The molecule has 2 aromatic heterocycles. The van der Waals surface area contributed by atoms with Crippen LogP contribution in [0.5, 0.6) is 0 Å². The van der Waals surface area contributed by atoms with Crippen LogP contribution in [-0.4, -0.2) is 4.57 Å². The third-order valence-electron chi connectivity index (χ3n) is 2.94. The molecule has 88 valence electrons. The molecule has 0 radical (unpaired) electrons. The first kappa shape index (κ1) is 11.5. The van der Waals surface area contributed by atoms with Gasteiger partial charge in [-0.25, -0.2) is 0 Å². The number of thiophene rings is 1. The topological polar surface area (TPSA) is 28.7 Å². The maximum Gasteiger partial charge on any atom is 0.0998 e. The van der Waals surface area contributed by atoms with Crippen molar-refractivity contribution in [3.05, 3.63) is 56.8 Å². The van der Waals surface area contributed by atoms with E-state index in [9.17, 15) is 0 Å². The van der Waals surface area contributed by atoms with E-state index in [1.54, 1.807) is 11.3 Å². The van der Waals surface area contributed by atoms with E-state index in [-0.39, 0.29) is 0 Å². The minimum absolute atomic E-state index is 0.733. The maximum absolute atomic E-state index is 9.08. The lowest BCUT2D eigenvalue weighted by atomic mass is 10.1. The molecule has 2 heterocycles. The molecule has 2 nitrogen and oxygen atoms in total. The number of rotatable bonds is 2. The van der Waals surface area contributed by atoms with E-state index in [2.05, 4.69) is 44.1 Å².